The lowest BCUT2D eigenvalue weighted by atomic mass is 9.91. The number of aromatic nitrogens is 2. The number of rotatable bonds is 8. The predicted octanol–water partition coefficient (Wildman–Crippen LogP) is 3.63. The molecule has 0 saturated carbocycles. The first-order chi connectivity index (χ1) is 21.3. The molecular weight excluding hydrogens is 570 g/mol. The fourth-order valence-electron chi connectivity index (χ4n) is 6.16. The number of halogens is 2. The molecule has 11 heteroatoms. The number of amides is 1. The van der Waals surface area contributed by atoms with E-state index in [1.807, 2.05) is 28.9 Å². The molecule has 1 aromatic carbocycles. The summed E-state index contributed by atoms with van der Waals surface area (Å²) in [6.45, 7) is 5.33. The zero-order valence-corrected chi connectivity index (χ0v) is 24.6. The molecule has 6 rings (SSSR count). The quantitative estimate of drug-likeness (QED) is 0.383. The molecular formula is C33H35F2N4O5-. The summed E-state index contributed by atoms with van der Waals surface area (Å²) in [4.78, 5) is 37.1. The van der Waals surface area contributed by atoms with Crippen molar-refractivity contribution in [3.63, 3.8) is 0 Å². The highest BCUT2D eigenvalue weighted by Gasteiger charge is 2.33. The SMILES string of the molecule is Cc1nc(C2CCN(C(=O)C3COC3)CC2)ccc1COc1c(F)cc(F)cc1-c1cccc(N2CCC(C(=O)[O-])CC2)n1. The Kier molecular flexibility index (Phi) is 8.74. The maximum atomic E-state index is 15.1. The monoisotopic (exact) mass is 605 g/mol. The van der Waals surface area contributed by atoms with Crippen molar-refractivity contribution in [2.45, 2.75) is 45.1 Å². The Morgan fingerprint density at radius 1 is 0.977 bits per heavy atom. The number of carboxylic acids is 1. The van der Waals surface area contributed by atoms with Gasteiger partial charge in [0.1, 0.15) is 18.2 Å². The zero-order chi connectivity index (χ0) is 30.8. The molecule has 0 atom stereocenters. The van der Waals surface area contributed by atoms with Crippen LogP contribution in [0.25, 0.3) is 11.3 Å². The fraction of sp³-hybridized carbons (Fsp3) is 0.455. The lowest BCUT2D eigenvalue weighted by molar-refractivity contribution is -0.312. The first kappa shape index (κ1) is 29.9. The van der Waals surface area contributed by atoms with Gasteiger partial charge in [-0.3, -0.25) is 9.78 Å². The van der Waals surface area contributed by atoms with E-state index in [9.17, 15) is 19.1 Å². The number of nitrogens with zero attached hydrogens (tertiary/aromatic N) is 4. The van der Waals surface area contributed by atoms with Gasteiger partial charge < -0.3 is 29.2 Å². The smallest absolute Gasteiger partial charge is 0.230 e. The largest absolute Gasteiger partial charge is 0.550 e. The first-order valence-corrected chi connectivity index (χ1v) is 15.1. The first-order valence-electron chi connectivity index (χ1n) is 15.1. The van der Waals surface area contributed by atoms with Gasteiger partial charge in [-0.1, -0.05) is 12.1 Å². The van der Waals surface area contributed by atoms with Crippen molar-refractivity contribution < 1.29 is 33.0 Å². The summed E-state index contributed by atoms with van der Waals surface area (Å²) in [7, 11) is 0. The minimum absolute atomic E-state index is 0.00132. The number of anilines is 1. The molecule has 232 valence electrons. The number of likely N-dealkylation sites (tertiary alicyclic amines) is 1. The number of ether oxygens (including phenoxy) is 2. The summed E-state index contributed by atoms with van der Waals surface area (Å²) in [5.74, 6) is -2.20. The van der Waals surface area contributed by atoms with Gasteiger partial charge in [0, 0.05) is 72.6 Å². The number of aliphatic carboxylic acids is 1. The van der Waals surface area contributed by atoms with Gasteiger partial charge in [-0.15, -0.1) is 0 Å². The molecule has 3 aliphatic rings. The number of carboxylic acid groups (broad SMARTS) is 1. The zero-order valence-electron chi connectivity index (χ0n) is 24.6. The van der Waals surface area contributed by atoms with Gasteiger partial charge in [0.05, 0.1) is 24.8 Å². The number of benzene rings is 1. The summed E-state index contributed by atoms with van der Waals surface area (Å²) >= 11 is 0. The van der Waals surface area contributed by atoms with Crippen LogP contribution in [0.3, 0.4) is 0 Å². The topological polar surface area (TPSA) is 108 Å². The highest BCUT2D eigenvalue weighted by Crippen LogP contribution is 2.35. The minimum atomic E-state index is -1.04. The van der Waals surface area contributed by atoms with Crippen LogP contribution in [0.1, 0.15) is 48.6 Å². The minimum Gasteiger partial charge on any atom is -0.550 e. The van der Waals surface area contributed by atoms with E-state index in [2.05, 4.69) is 4.98 Å². The fourth-order valence-corrected chi connectivity index (χ4v) is 6.16. The van der Waals surface area contributed by atoms with E-state index in [1.165, 1.54) is 6.07 Å². The molecule has 5 heterocycles. The number of pyridine rings is 2. The van der Waals surface area contributed by atoms with E-state index in [0.29, 0.717) is 63.7 Å². The number of aryl methyl sites for hydroxylation is 1. The average Bonchev–Trinajstić information content (AvgIpc) is 3.00. The van der Waals surface area contributed by atoms with Gasteiger partial charge in [-0.2, -0.15) is 0 Å². The maximum absolute atomic E-state index is 15.1. The molecule has 1 amide bonds. The summed E-state index contributed by atoms with van der Waals surface area (Å²) in [6, 6.07) is 11.1. The van der Waals surface area contributed by atoms with Crippen LogP contribution < -0.4 is 14.7 Å². The van der Waals surface area contributed by atoms with Crippen LogP contribution in [0.4, 0.5) is 14.6 Å². The summed E-state index contributed by atoms with van der Waals surface area (Å²) < 4.78 is 40.7. The molecule has 0 radical (unpaired) electrons. The molecule has 9 nitrogen and oxygen atoms in total. The molecule has 3 aromatic rings. The number of carbonyl (C=O) groups excluding carboxylic acids is 2. The third kappa shape index (κ3) is 6.38. The van der Waals surface area contributed by atoms with E-state index in [4.69, 9.17) is 14.5 Å². The second kappa shape index (κ2) is 12.9. The number of piperidine rings is 2. The number of hydrogen-bond acceptors (Lipinski definition) is 8. The molecule has 2 aromatic heterocycles. The van der Waals surface area contributed by atoms with Crippen LogP contribution in [0.15, 0.2) is 42.5 Å². The van der Waals surface area contributed by atoms with Crippen molar-refractivity contribution >= 4 is 17.7 Å². The van der Waals surface area contributed by atoms with Crippen LogP contribution in [0.5, 0.6) is 5.75 Å². The number of carbonyl (C=O) groups is 2. The Balaban J connectivity index is 1.13. The Morgan fingerprint density at radius 2 is 1.73 bits per heavy atom. The predicted molar refractivity (Wildman–Crippen MR) is 156 cm³/mol. The Morgan fingerprint density at radius 3 is 2.39 bits per heavy atom. The van der Waals surface area contributed by atoms with Crippen LogP contribution >= 0.6 is 0 Å². The van der Waals surface area contributed by atoms with Crippen molar-refractivity contribution in [2.75, 3.05) is 44.3 Å². The molecule has 3 saturated heterocycles. The van der Waals surface area contributed by atoms with Crippen molar-refractivity contribution in [3.8, 4) is 17.0 Å². The van der Waals surface area contributed by atoms with Crippen molar-refractivity contribution in [3.05, 3.63) is 71.1 Å². The Labute approximate surface area is 254 Å². The van der Waals surface area contributed by atoms with Gasteiger partial charge in [-0.25, -0.2) is 13.8 Å². The van der Waals surface area contributed by atoms with Gasteiger partial charge >= 0.3 is 0 Å². The lowest BCUT2D eigenvalue weighted by Crippen LogP contribution is -2.47. The maximum Gasteiger partial charge on any atom is 0.230 e. The van der Waals surface area contributed by atoms with E-state index in [1.54, 1.807) is 18.2 Å². The van der Waals surface area contributed by atoms with Gasteiger partial charge in [-0.05, 0) is 56.9 Å². The summed E-state index contributed by atoms with van der Waals surface area (Å²) in [5, 5.41) is 11.2. The third-order valence-corrected chi connectivity index (χ3v) is 8.97. The summed E-state index contributed by atoms with van der Waals surface area (Å²) in [6.07, 6.45) is 2.57. The standard InChI is InChI=1S/C33H36F2N4O5/c1-20-23(5-6-28(36-20)21-7-13-39(14-8-21)32(40)24-17-43-18-24)19-44-31-26(15-25(34)16-27(31)35)29-3-2-4-30(37-29)38-11-9-22(10-12-38)33(41)42/h2-6,15-16,21-22,24H,7-14,17-19H2,1H3,(H,41,42)/p-1. The average molecular weight is 606 g/mol. The normalized spacial score (nSPS) is 18.2. The van der Waals surface area contributed by atoms with Crippen LogP contribution in [0.2, 0.25) is 0 Å². The molecule has 0 N–H and O–H groups in total. The van der Waals surface area contributed by atoms with E-state index >= 15 is 4.39 Å². The highest BCUT2D eigenvalue weighted by molar-refractivity contribution is 5.80. The molecule has 3 fully saturated rings. The molecule has 0 unspecified atom stereocenters. The van der Waals surface area contributed by atoms with Crippen molar-refractivity contribution in [2.24, 2.45) is 11.8 Å². The molecule has 0 aliphatic carbocycles. The molecule has 3 aliphatic heterocycles. The molecule has 44 heavy (non-hydrogen) atoms. The van der Waals surface area contributed by atoms with E-state index < -0.39 is 23.5 Å². The molecule has 0 spiro atoms. The van der Waals surface area contributed by atoms with E-state index in [-0.39, 0.29) is 35.7 Å². The second-order valence-corrected chi connectivity index (χ2v) is 11.8. The molecule has 0 bridgehead atoms. The van der Waals surface area contributed by atoms with E-state index in [0.717, 1.165) is 35.9 Å². The Bertz CT molecular complexity index is 1530. The van der Waals surface area contributed by atoms with Gasteiger partial charge in [0.2, 0.25) is 5.91 Å². The number of hydrogen-bond donors (Lipinski definition) is 0. The Hall–Kier alpha value is -4.12. The summed E-state index contributed by atoms with van der Waals surface area (Å²) in [5.41, 5.74) is 3.03. The second-order valence-electron chi connectivity index (χ2n) is 11.8. The van der Waals surface area contributed by atoms with Crippen molar-refractivity contribution in [1.29, 1.82) is 0 Å². The van der Waals surface area contributed by atoms with Crippen LogP contribution in [-0.2, 0) is 20.9 Å². The van der Waals surface area contributed by atoms with Crippen LogP contribution in [-0.4, -0.2) is 66.1 Å². The van der Waals surface area contributed by atoms with Gasteiger partial charge in [0.15, 0.2) is 11.6 Å². The van der Waals surface area contributed by atoms with Gasteiger partial charge in [0.25, 0.3) is 0 Å². The van der Waals surface area contributed by atoms with Crippen LogP contribution in [0, 0.1) is 30.4 Å². The third-order valence-electron chi connectivity index (χ3n) is 8.97. The lowest BCUT2D eigenvalue weighted by Gasteiger charge is -2.36. The highest BCUT2D eigenvalue weighted by atomic mass is 19.1. The van der Waals surface area contributed by atoms with Crippen molar-refractivity contribution in [1.82, 2.24) is 14.9 Å².